The molecule has 76 valence electrons. The molecule has 0 unspecified atom stereocenters. The van der Waals surface area contributed by atoms with Crippen molar-refractivity contribution in [1.82, 2.24) is 0 Å². The molecule has 2 rings (SSSR count). The summed E-state index contributed by atoms with van der Waals surface area (Å²) in [5.41, 5.74) is 3.54. The van der Waals surface area contributed by atoms with Crippen molar-refractivity contribution < 1.29 is 0 Å². The summed E-state index contributed by atoms with van der Waals surface area (Å²) in [5.74, 6) is 0. The molecule has 1 aliphatic carbocycles. The van der Waals surface area contributed by atoms with Gasteiger partial charge in [0.15, 0.2) is 0 Å². The summed E-state index contributed by atoms with van der Waals surface area (Å²) in [4.78, 5) is 0. The van der Waals surface area contributed by atoms with Crippen LogP contribution in [0, 0.1) is 0 Å². The fourth-order valence-electron chi connectivity index (χ4n) is 1.91. The van der Waals surface area contributed by atoms with Crippen molar-refractivity contribution in [2.75, 3.05) is 0 Å². The molecule has 0 nitrogen and oxygen atoms in total. The molecule has 1 aromatic carbocycles. The van der Waals surface area contributed by atoms with Gasteiger partial charge in [-0.2, -0.15) is 0 Å². The minimum Gasteiger partial charge on any atom is -0.0784 e. The van der Waals surface area contributed by atoms with Crippen LogP contribution < -0.4 is 0 Å². The predicted molar refractivity (Wildman–Crippen MR) is 62.3 cm³/mol. The van der Waals surface area contributed by atoms with Crippen LogP contribution >= 0.6 is 34.8 Å². The predicted octanol–water partition coefficient (Wildman–Crippen LogP) is 4.39. The molecule has 0 aromatic heterocycles. The fourth-order valence-corrected chi connectivity index (χ4v) is 2.26. The average molecular weight is 250 g/mol. The third kappa shape index (κ3) is 2.18. The second kappa shape index (κ2) is 3.92. The largest absolute Gasteiger partial charge is 0.216 e. The molecule has 0 fully saturated rings. The van der Waals surface area contributed by atoms with E-state index in [9.17, 15) is 0 Å². The third-order valence-corrected chi connectivity index (χ3v) is 3.33. The number of hydrogen-bond acceptors (Lipinski definition) is 0. The van der Waals surface area contributed by atoms with Crippen molar-refractivity contribution in [2.45, 2.75) is 29.5 Å². The van der Waals surface area contributed by atoms with Gasteiger partial charge in [-0.05, 0) is 36.8 Å². The minimum absolute atomic E-state index is 0.781. The molecule has 14 heavy (non-hydrogen) atoms. The lowest BCUT2D eigenvalue weighted by Gasteiger charge is -2.19. The van der Waals surface area contributed by atoms with Crippen LogP contribution in [0.2, 0.25) is 0 Å². The molecule has 0 atom stereocenters. The SMILES string of the molecule is ClC(Cl)(Cl)c1ccc2c(c1)CCCC2. The van der Waals surface area contributed by atoms with E-state index >= 15 is 0 Å². The quantitative estimate of drug-likeness (QED) is 0.598. The van der Waals surface area contributed by atoms with E-state index in [1.54, 1.807) is 0 Å². The first kappa shape index (κ1) is 10.6. The van der Waals surface area contributed by atoms with Crippen LogP contribution in [-0.4, -0.2) is 0 Å². The molecule has 1 aromatic rings. The molecule has 0 spiro atoms. The summed E-state index contributed by atoms with van der Waals surface area (Å²) in [6, 6.07) is 6.03. The standard InChI is InChI=1S/C11H11Cl3/c12-11(13,14)10-6-5-8-3-1-2-4-9(8)7-10/h5-7H,1-4H2. The van der Waals surface area contributed by atoms with Gasteiger partial charge in [-0.1, -0.05) is 53.0 Å². The van der Waals surface area contributed by atoms with Crippen molar-refractivity contribution in [3.63, 3.8) is 0 Å². The Hall–Kier alpha value is 0.0900. The fraction of sp³-hybridized carbons (Fsp3) is 0.455. The normalized spacial score (nSPS) is 16.5. The number of benzene rings is 1. The highest BCUT2D eigenvalue weighted by atomic mass is 35.6. The Balaban J connectivity index is 2.39. The van der Waals surface area contributed by atoms with E-state index in [-0.39, 0.29) is 0 Å². The van der Waals surface area contributed by atoms with Gasteiger partial charge >= 0.3 is 0 Å². The van der Waals surface area contributed by atoms with Gasteiger partial charge in [0, 0.05) is 5.56 Å². The third-order valence-electron chi connectivity index (χ3n) is 2.68. The van der Waals surface area contributed by atoms with E-state index in [1.165, 1.54) is 24.0 Å². The smallest absolute Gasteiger partial charge is 0.0784 e. The highest BCUT2D eigenvalue weighted by Crippen LogP contribution is 2.39. The van der Waals surface area contributed by atoms with Crippen molar-refractivity contribution >= 4 is 34.8 Å². The number of alkyl halides is 3. The number of fused-ring (bicyclic) bond motifs is 1. The van der Waals surface area contributed by atoms with Crippen molar-refractivity contribution in [2.24, 2.45) is 0 Å². The van der Waals surface area contributed by atoms with E-state index in [1.807, 2.05) is 12.1 Å². The van der Waals surface area contributed by atoms with Crippen LogP contribution in [0.3, 0.4) is 0 Å². The van der Waals surface area contributed by atoms with Gasteiger partial charge in [0.05, 0.1) is 0 Å². The molecular weight excluding hydrogens is 238 g/mol. The number of hydrogen-bond donors (Lipinski definition) is 0. The molecule has 0 saturated heterocycles. The van der Waals surface area contributed by atoms with Gasteiger partial charge in [0.2, 0.25) is 3.79 Å². The second-order valence-corrected chi connectivity index (χ2v) is 5.97. The molecule has 1 aliphatic rings. The van der Waals surface area contributed by atoms with Gasteiger partial charge in [-0.25, -0.2) is 0 Å². The van der Waals surface area contributed by atoms with Gasteiger partial charge in [-0.15, -0.1) is 0 Å². The summed E-state index contributed by atoms with van der Waals surface area (Å²) in [5, 5.41) is 0. The Morgan fingerprint density at radius 3 is 2.21 bits per heavy atom. The van der Waals surface area contributed by atoms with Crippen molar-refractivity contribution in [1.29, 1.82) is 0 Å². The summed E-state index contributed by atoms with van der Waals surface area (Å²) >= 11 is 17.5. The van der Waals surface area contributed by atoms with Crippen molar-refractivity contribution in [3.8, 4) is 0 Å². The van der Waals surface area contributed by atoms with Gasteiger partial charge in [0.1, 0.15) is 0 Å². The number of rotatable bonds is 0. The van der Waals surface area contributed by atoms with Crippen LogP contribution in [0.25, 0.3) is 0 Å². The highest BCUT2D eigenvalue weighted by Gasteiger charge is 2.23. The number of aryl methyl sites for hydroxylation is 2. The van der Waals surface area contributed by atoms with Gasteiger partial charge in [0.25, 0.3) is 0 Å². The van der Waals surface area contributed by atoms with Gasteiger partial charge < -0.3 is 0 Å². The van der Waals surface area contributed by atoms with Crippen molar-refractivity contribution in [3.05, 3.63) is 34.9 Å². The Labute approximate surface area is 99.2 Å². The molecule has 0 heterocycles. The maximum atomic E-state index is 5.83. The molecule has 3 heteroatoms. The van der Waals surface area contributed by atoms with E-state index < -0.39 is 3.79 Å². The zero-order valence-corrected chi connectivity index (χ0v) is 9.96. The average Bonchev–Trinajstić information content (AvgIpc) is 2.16. The van der Waals surface area contributed by atoms with E-state index in [0.29, 0.717) is 0 Å². The highest BCUT2D eigenvalue weighted by molar-refractivity contribution is 6.66. The summed E-state index contributed by atoms with van der Waals surface area (Å²) in [7, 11) is 0. The summed E-state index contributed by atoms with van der Waals surface area (Å²) in [6.07, 6.45) is 4.80. The van der Waals surface area contributed by atoms with Crippen LogP contribution in [0.5, 0.6) is 0 Å². The Morgan fingerprint density at radius 2 is 1.57 bits per heavy atom. The zero-order chi connectivity index (χ0) is 10.2. The second-order valence-electron chi connectivity index (χ2n) is 3.69. The lowest BCUT2D eigenvalue weighted by atomic mass is 9.91. The minimum atomic E-state index is -1.29. The first-order chi connectivity index (χ1) is 6.57. The topological polar surface area (TPSA) is 0 Å². The van der Waals surface area contributed by atoms with Crippen LogP contribution in [0.1, 0.15) is 29.5 Å². The molecule has 0 bridgehead atoms. The van der Waals surface area contributed by atoms with Crippen LogP contribution in [0.4, 0.5) is 0 Å². The maximum absolute atomic E-state index is 5.83. The maximum Gasteiger partial charge on any atom is 0.216 e. The van der Waals surface area contributed by atoms with E-state index in [0.717, 1.165) is 18.4 Å². The number of halogens is 3. The first-order valence-corrected chi connectivity index (χ1v) is 5.90. The lowest BCUT2D eigenvalue weighted by molar-refractivity contribution is 0.684. The molecule has 0 aliphatic heterocycles. The zero-order valence-electron chi connectivity index (χ0n) is 7.69. The molecule has 0 N–H and O–H groups in total. The molecular formula is C11H11Cl3. The Morgan fingerprint density at radius 1 is 0.929 bits per heavy atom. The molecule has 0 amide bonds. The molecule has 0 radical (unpaired) electrons. The Bertz CT molecular complexity index is 339. The van der Waals surface area contributed by atoms with Crippen LogP contribution in [-0.2, 0) is 16.6 Å². The lowest BCUT2D eigenvalue weighted by Crippen LogP contribution is -2.06. The van der Waals surface area contributed by atoms with E-state index in [4.69, 9.17) is 34.8 Å². The summed E-state index contributed by atoms with van der Waals surface area (Å²) in [6.45, 7) is 0. The van der Waals surface area contributed by atoms with Crippen LogP contribution in [0.15, 0.2) is 18.2 Å². The summed E-state index contributed by atoms with van der Waals surface area (Å²) < 4.78 is -1.29. The monoisotopic (exact) mass is 248 g/mol. The first-order valence-electron chi connectivity index (χ1n) is 4.76. The Kier molecular flexibility index (Phi) is 2.97. The molecule has 0 saturated carbocycles. The van der Waals surface area contributed by atoms with Gasteiger partial charge in [-0.3, -0.25) is 0 Å². The van der Waals surface area contributed by atoms with E-state index in [2.05, 4.69) is 6.07 Å².